The summed E-state index contributed by atoms with van der Waals surface area (Å²) < 4.78 is 0. The van der Waals surface area contributed by atoms with Crippen LogP contribution in [0.5, 0.6) is 0 Å². The van der Waals surface area contributed by atoms with Gasteiger partial charge in [-0.3, -0.25) is 0 Å². The molecule has 0 N–H and O–H groups in total. The number of hydrogen-bond acceptors (Lipinski definition) is 2. The zero-order valence-corrected chi connectivity index (χ0v) is 9.52. The second kappa shape index (κ2) is 3.65. The molecule has 3 heteroatoms. The molecule has 1 rings (SSSR count). The minimum Gasteiger partial charge on any atom is -0.194 e. The molecule has 1 saturated heterocycles. The molecule has 1 aliphatic rings. The van der Waals surface area contributed by atoms with Gasteiger partial charge in [-0.25, -0.2) is 0 Å². The van der Waals surface area contributed by atoms with Crippen LogP contribution in [0.2, 0.25) is 5.31 Å². The first kappa shape index (κ1) is 9.85. The van der Waals surface area contributed by atoms with Gasteiger partial charge in [0.15, 0.2) is 0 Å². The van der Waals surface area contributed by atoms with E-state index in [1.165, 1.54) is 11.5 Å². The zero-order valence-electron chi connectivity index (χ0n) is 7.89. The molecular weight excluding hydrogens is 171 g/mol. The van der Waals surface area contributed by atoms with Crippen LogP contribution in [0.3, 0.4) is 0 Å². The van der Waals surface area contributed by atoms with Crippen LogP contribution in [-0.4, -0.2) is 16.8 Å². The van der Waals surface area contributed by atoms with Gasteiger partial charge in [0.2, 0.25) is 0 Å². The molecule has 0 unspecified atom stereocenters. The summed E-state index contributed by atoms with van der Waals surface area (Å²) in [6.45, 7) is 9.46. The van der Waals surface area contributed by atoms with Crippen molar-refractivity contribution in [1.29, 1.82) is 0 Å². The maximum absolute atomic E-state index is 2.40. The van der Waals surface area contributed by atoms with Crippen molar-refractivity contribution in [2.75, 3.05) is 11.5 Å². The van der Waals surface area contributed by atoms with Gasteiger partial charge in [-0.05, 0) is 22.7 Å². The average Bonchev–Trinajstić information content (AvgIpc) is 2.37. The van der Waals surface area contributed by atoms with E-state index in [2.05, 4.69) is 50.9 Å². The fourth-order valence-corrected chi connectivity index (χ4v) is 4.62. The van der Waals surface area contributed by atoms with Gasteiger partial charge in [0.25, 0.3) is 5.27 Å². The Kier molecular flexibility index (Phi) is 3.27. The van der Waals surface area contributed by atoms with Crippen LogP contribution in [0, 0.1) is 5.92 Å². The summed E-state index contributed by atoms with van der Waals surface area (Å²) >= 11 is 4.28. The monoisotopic (exact) mass is 188 g/mol. The SMILES string of the molecule is CC(C)C(C)(C)B1SCCS1. The van der Waals surface area contributed by atoms with Gasteiger partial charge >= 0.3 is 0 Å². The van der Waals surface area contributed by atoms with Crippen LogP contribution in [-0.2, 0) is 0 Å². The molecule has 0 aromatic rings. The molecule has 64 valence electrons. The summed E-state index contributed by atoms with van der Waals surface area (Å²) in [6, 6.07) is 0. The summed E-state index contributed by atoms with van der Waals surface area (Å²) in [4.78, 5) is 0. The van der Waals surface area contributed by atoms with Crippen molar-refractivity contribution in [3.8, 4) is 0 Å². The summed E-state index contributed by atoms with van der Waals surface area (Å²) in [7, 11) is 0. The third-order valence-corrected chi connectivity index (χ3v) is 6.49. The quantitative estimate of drug-likeness (QED) is 0.609. The first-order valence-electron chi connectivity index (χ1n) is 4.28. The van der Waals surface area contributed by atoms with E-state index in [0.717, 1.165) is 11.2 Å². The molecule has 0 spiro atoms. The van der Waals surface area contributed by atoms with Crippen LogP contribution in [0.1, 0.15) is 27.7 Å². The maximum Gasteiger partial charge on any atom is 0.279 e. The lowest BCUT2D eigenvalue weighted by molar-refractivity contribution is 0.477. The molecule has 0 atom stereocenters. The van der Waals surface area contributed by atoms with Gasteiger partial charge < -0.3 is 0 Å². The molecule has 1 aliphatic heterocycles. The Hall–Kier alpha value is 0.765. The van der Waals surface area contributed by atoms with Gasteiger partial charge in [-0.15, -0.1) is 0 Å². The molecule has 0 nitrogen and oxygen atoms in total. The predicted octanol–water partition coefficient (Wildman–Crippen LogP) is 3.39. The van der Waals surface area contributed by atoms with Crippen LogP contribution >= 0.6 is 23.2 Å². The van der Waals surface area contributed by atoms with Crippen molar-refractivity contribution in [1.82, 2.24) is 0 Å². The number of rotatable bonds is 2. The highest BCUT2D eigenvalue weighted by atomic mass is 32.2. The third-order valence-electron chi connectivity index (χ3n) is 2.72. The second-order valence-corrected chi connectivity index (χ2v) is 6.77. The van der Waals surface area contributed by atoms with E-state index in [-0.39, 0.29) is 0 Å². The van der Waals surface area contributed by atoms with E-state index < -0.39 is 0 Å². The standard InChI is InChI=1S/C8H17BS2/c1-7(2)8(3,4)9-10-5-6-11-9/h7H,5-6H2,1-4H3. The molecule has 1 fully saturated rings. The van der Waals surface area contributed by atoms with Crippen molar-refractivity contribution in [2.24, 2.45) is 5.92 Å². The fourth-order valence-electron chi connectivity index (χ4n) is 1.06. The Labute approximate surface area is 79.2 Å². The predicted molar refractivity (Wildman–Crippen MR) is 59.5 cm³/mol. The van der Waals surface area contributed by atoms with Crippen molar-refractivity contribution in [3.05, 3.63) is 0 Å². The van der Waals surface area contributed by atoms with E-state index in [1.54, 1.807) is 0 Å². The molecular formula is C8H17BS2. The van der Waals surface area contributed by atoms with Crippen molar-refractivity contribution in [3.63, 3.8) is 0 Å². The molecule has 0 amide bonds. The molecule has 0 aromatic heterocycles. The van der Waals surface area contributed by atoms with Crippen molar-refractivity contribution < 1.29 is 0 Å². The minimum absolute atomic E-state index is 0.506. The largest absolute Gasteiger partial charge is 0.279 e. The highest BCUT2D eigenvalue weighted by Gasteiger charge is 2.39. The van der Waals surface area contributed by atoms with Gasteiger partial charge in [0, 0.05) is 0 Å². The Morgan fingerprint density at radius 2 is 1.64 bits per heavy atom. The normalized spacial score (nSPS) is 19.9. The van der Waals surface area contributed by atoms with Gasteiger partial charge in [0.05, 0.1) is 0 Å². The molecule has 0 radical (unpaired) electrons. The summed E-state index contributed by atoms with van der Waals surface area (Å²) in [5.41, 5.74) is 0. The Morgan fingerprint density at radius 3 is 2.00 bits per heavy atom. The summed E-state index contributed by atoms with van der Waals surface area (Å²) in [5.74, 6) is 3.50. The maximum atomic E-state index is 2.40. The Balaban J connectivity index is 2.55. The topological polar surface area (TPSA) is 0 Å². The van der Waals surface area contributed by atoms with E-state index in [1.807, 2.05) is 0 Å². The molecule has 0 bridgehead atoms. The van der Waals surface area contributed by atoms with Gasteiger partial charge in [-0.1, -0.05) is 27.7 Å². The van der Waals surface area contributed by atoms with E-state index in [9.17, 15) is 0 Å². The van der Waals surface area contributed by atoms with Crippen molar-refractivity contribution in [2.45, 2.75) is 33.0 Å². The van der Waals surface area contributed by atoms with Crippen LogP contribution < -0.4 is 0 Å². The summed E-state index contributed by atoms with van der Waals surface area (Å²) in [6.07, 6.45) is 0. The molecule has 0 aromatic carbocycles. The van der Waals surface area contributed by atoms with Crippen LogP contribution in [0.25, 0.3) is 0 Å². The van der Waals surface area contributed by atoms with Crippen molar-refractivity contribution >= 4 is 28.5 Å². The second-order valence-electron chi connectivity index (χ2n) is 4.05. The fraction of sp³-hybridized carbons (Fsp3) is 1.00. The van der Waals surface area contributed by atoms with Gasteiger partial charge in [0.1, 0.15) is 0 Å². The van der Waals surface area contributed by atoms with E-state index in [4.69, 9.17) is 0 Å². The Bertz CT molecular complexity index is 128. The first-order chi connectivity index (χ1) is 5.05. The highest BCUT2D eigenvalue weighted by molar-refractivity contribution is 8.56. The van der Waals surface area contributed by atoms with E-state index >= 15 is 0 Å². The smallest absolute Gasteiger partial charge is 0.194 e. The molecule has 0 saturated carbocycles. The molecule has 0 aliphatic carbocycles. The van der Waals surface area contributed by atoms with Crippen LogP contribution in [0.4, 0.5) is 0 Å². The lowest BCUT2D eigenvalue weighted by Crippen LogP contribution is -2.25. The average molecular weight is 188 g/mol. The molecule has 11 heavy (non-hydrogen) atoms. The lowest BCUT2D eigenvalue weighted by Gasteiger charge is -2.31. The minimum atomic E-state index is 0.506. The Morgan fingerprint density at radius 1 is 1.18 bits per heavy atom. The zero-order chi connectivity index (χ0) is 8.48. The summed E-state index contributed by atoms with van der Waals surface area (Å²) in [5, 5.41) is 1.34. The molecule has 1 heterocycles. The van der Waals surface area contributed by atoms with Crippen LogP contribution in [0.15, 0.2) is 0 Å². The third kappa shape index (κ3) is 2.12. The van der Waals surface area contributed by atoms with Gasteiger partial charge in [-0.2, -0.15) is 23.2 Å². The highest BCUT2D eigenvalue weighted by Crippen LogP contribution is 2.49. The number of hydrogen-bond donors (Lipinski definition) is 0. The van der Waals surface area contributed by atoms with E-state index in [0.29, 0.717) is 5.31 Å². The lowest BCUT2D eigenvalue weighted by atomic mass is 9.62. The first-order valence-corrected chi connectivity index (χ1v) is 6.38.